The fourth-order valence-corrected chi connectivity index (χ4v) is 0. The average Bonchev–Trinajstić information content (AvgIpc) is 1.25. The molecule has 111 valence electrons. The summed E-state index contributed by atoms with van der Waals surface area (Å²) in [6, 6.07) is 0. The maximum atomic E-state index is 8.25. The van der Waals surface area contributed by atoms with Gasteiger partial charge in [-0.05, 0) is 0 Å². The van der Waals surface area contributed by atoms with Crippen molar-refractivity contribution in [2.24, 2.45) is 0 Å². The van der Waals surface area contributed by atoms with Crippen LogP contribution in [-0.4, -0.2) is 48.5 Å². The maximum Gasteiger partial charge on any atom is 2.00 e. The van der Waals surface area contributed by atoms with Gasteiger partial charge in [0.05, 0.1) is 10.2 Å². The van der Waals surface area contributed by atoms with E-state index in [1.807, 2.05) is 0 Å². The molecular weight excluding hydrogens is 295 g/mol. The summed E-state index contributed by atoms with van der Waals surface area (Å²) < 4.78 is 0. The predicted octanol–water partition coefficient (Wildman–Crippen LogP) is -6.25. The van der Waals surface area contributed by atoms with Crippen LogP contribution in [0.15, 0.2) is 0 Å². The number of hydrogen-bond acceptors (Lipinski definition) is 6. The molecule has 0 aliphatic rings. The molecule has 0 heterocycles. The molecule has 0 spiro atoms. The third-order valence-corrected chi connectivity index (χ3v) is 0. The Morgan fingerprint density at radius 1 is 0.500 bits per heavy atom. The Morgan fingerprint density at radius 2 is 0.500 bits per heavy atom. The van der Waals surface area contributed by atoms with Crippen LogP contribution in [0.25, 0.3) is 0 Å². The summed E-state index contributed by atoms with van der Waals surface area (Å²) in [5, 5.41) is 29.5. The second-order valence-corrected chi connectivity index (χ2v) is 0.447. The van der Waals surface area contributed by atoms with Gasteiger partial charge in [0, 0.05) is 0 Å². The molecule has 0 aromatic carbocycles. The molecule has 14 N–H and O–H groups in total. The molecule has 0 saturated carbocycles. The van der Waals surface area contributed by atoms with Gasteiger partial charge in [-0.3, -0.25) is 0 Å². The molecule has 1 radical (unpaired) electrons. The SMILES string of the molecule is O.O.O.O.O.O.O.O=[N+]([O-])[O-].O=[N+]([O-])[O-].[Co+2]. The monoisotopic (exact) mass is 309 g/mol. The van der Waals surface area contributed by atoms with Gasteiger partial charge in [0.2, 0.25) is 0 Å². The average molecular weight is 309 g/mol. The molecule has 16 heteroatoms. The quantitative estimate of drug-likeness (QED) is 0.308. The van der Waals surface area contributed by atoms with Gasteiger partial charge in [-0.25, -0.2) is 0 Å². The molecule has 0 aromatic rings. The molecule has 0 aliphatic carbocycles. The predicted molar refractivity (Wildman–Crippen MR) is 46.0 cm³/mol. The van der Waals surface area contributed by atoms with Gasteiger partial charge in [0.1, 0.15) is 0 Å². The van der Waals surface area contributed by atoms with Crippen molar-refractivity contribution in [2.45, 2.75) is 0 Å². The van der Waals surface area contributed by atoms with E-state index < -0.39 is 10.2 Å². The molecule has 0 rings (SSSR count). The number of hydrogen-bond donors (Lipinski definition) is 0. The fourth-order valence-electron chi connectivity index (χ4n) is 0. The first kappa shape index (κ1) is 127. The summed E-state index contributed by atoms with van der Waals surface area (Å²) in [5.41, 5.74) is 0. The van der Waals surface area contributed by atoms with Crippen LogP contribution in [0, 0.1) is 30.6 Å². The largest absolute Gasteiger partial charge is 2.00 e. The van der Waals surface area contributed by atoms with E-state index in [1.165, 1.54) is 0 Å². The second kappa shape index (κ2) is 101. The van der Waals surface area contributed by atoms with Crippen molar-refractivity contribution in [1.29, 1.82) is 0 Å². The Balaban J connectivity index is -0.00000000375. The molecule has 0 saturated heterocycles. The molecule has 0 atom stereocenters. The van der Waals surface area contributed by atoms with E-state index in [0.717, 1.165) is 0 Å². The van der Waals surface area contributed by atoms with Crippen LogP contribution in [0.3, 0.4) is 0 Å². The molecule has 15 nitrogen and oxygen atoms in total. The second-order valence-electron chi connectivity index (χ2n) is 0.447. The van der Waals surface area contributed by atoms with Crippen molar-refractivity contribution in [3.05, 3.63) is 30.6 Å². The Hall–Kier alpha value is -1.37. The van der Waals surface area contributed by atoms with E-state index in [2.05, 4.69) is 0 Å². The van der Waals surface area contributed by atoms with E-state index in [4.69, 9.17) is 30.6 Å². The van der Waals surface area contributed by atoms with Crippen molar-refractivity contribution in [1.82, 2.24) is 0 Å². The van der Waals surface area contributed by atoms with Crippen LogP contribution < -0.4 is 0 Å². The molecule has 0 amide bonds. The van der Waals surface area contributed by atoms with Gasteiger partial charge in [-0.15, -0.1) is 0 Å². The van der Waals surface area contributed by atoms with E-state index >= 15 is 0 Å². The molecule has 16 heavy (non-hydrogen) atoms. The van der Waals surface area contributed by atoms with Crippen molar-refractivity contribution in [3.63, 3.8) is 0 Å². The van der Waals surface area contributed by atoms with Crippen molar-refractivity contribution in [2.75, 3.05) is 0 Å². The zero-order valence-electron chi connectivity index (χ0n) is 7.18. The van der Waals surface area contributed by atoms with Gasteiger partial charge >= 0.3 is 16.8 Å². The third-order valence-electron chi connectivity index (χ3n) is 0. The minimum atomic E-state index is -1.75. The Labute approximate surface area is 96.9 Å². The van der Waals surface area contributed by atoms with E-state index in [1.54, 1.807) is 0 Å². The number of rotatable bonds is 0. The Morgan fingerprint density at radius 3 is 0.500 bits per heavy atom. The summed E-state index contributed by atoms with van der Waals surface area (Å²) in [4.78, 5) is 16.5. The van der Waals surface area contributed by atoms with Crippen molar-refractivity contribution < 1.29 is 65.3 Å². The minimum absolute atomic E-state index is 0. The zero-order chi connectivity index (χ0) is 7.15. The first-order valence-corrected chi connectivity index (χ1v) is 1.10. The molecule has 0 bridgehead atoms. The van der Waals surface area contributed by atoms with E-state index in [9.17, 15) is 0 Å². The van der Waals surface area contributed by atoms with Crippen LogP contribution in [0.2, 0.25) is 0 Å². The standard InChI is InChI=1S/Co.2NO3.7H2O/c;2*2-1(3)4;;;;;;;/h;;;7*1H2/q+2;2*-1;;;;;;;. The first-order valence-electron chi connectivity index (χ1n) is 1.10. The minimum Gasteiger partial charge on any atom is -0.412 e. The molecule has 0 unspecified atom stereocenters. The zero-order valence-corrected chi connectivity index (χ0v) is 8.22. The van der Waals surface area contributed by atoms with Crippen LogP contribution >= 0.6 is 0 Å². The number of nitrogens with zero attached hydrogens (tertiary/aromatic N) is 2. The summed E-state index contributed by atoms with van der Waals surface area (Å²) in [5.74, 6) is 0. The Kier molecular flexibility index (Phi) is 805. The van der Waals surface area contributed by atoms with Gasteiger partial charge in [-0.1, -0.05) is 0 Å². The summed E-state index contributed by atoms with van der Waals surface area (Å²) in [7, 11) is 0. The Bertz CT molecular complexity index is 71.9. The van der Waals surface area contributed by atoms with Crippen LogP contribution in [0.4, 0.5) is 0 Å². The van der Waals surface area contributed by atoms with Crippen LogP contribution in [-0.2, 0) is 16.8 Å². The van der Waals surface area contributed by atoms with E-state index in [-0.39, 0.29) is 55.1 Å². The van der Waals surface area contributed by atoms with Crippen LogP contribution in [0.1, 0.15) is 0 Å². The molecule has 0 aromatic heterocycles. The summed E-state index contributed by atoms with van der Waals surface area (Å²) in [6.45, 7) is 0. The first-order chi connectivity index (χ1) is 3.46. The maximum absolute atomic E-state index is 8.25. The smallest absolute Gasteiger partial charge is 0.412 e. The van der Waals surface area contributed by atoms with Gasteiger partial charge in [-0.2, -0.15) is 0 Å². The van der Waals surface area contributed by atoms with Crippen molar-refractivity contribution in [3.8, 4) is 0 Å². The van der Waals surface area contributed by atoms with Gasteiger partial charge in [0.15, 0.2) is 0 Å². The van der Waals surface area contributed by atoms with Crippen LogP contribution in [0.5, 0.6) is 0 Å². The van der Waals surface area contributed by atoms with Gasteiger partial charge in [0.25, 0.3) is 0 Å². The topological polar surface area (TPSA) is 353 Å². The van der Waals surface area contributed by atoms with Crippen molar-refractivity contribution >= 4 is 0 Å². The normalized spacial score (nSPS) is 3.00. The molecular formula is H14CoN2O13. The summed E-state index contributed by atoms with van der Waals surface area (Å²) in [6.07, 6.45) is 0. The van der Waals surface area contributed by atoms with E-state index in [0.29, 0.717) is 0 Å². The fraction of sp³-hybridized carbons (Fsp3) is 0. The summed E-state index contributed by atoms with van der Waals surface area (Å²) >= 11 is 0. The van der Waals surface area contributed by atoms with Gasteiger partial charge < -0.3 is 69.0 Å². The molecule has 0 fully saturated rings. The molecule has 0 aliphatic heterocycles. The third kappa shape index (κ3) is 905.